The molecule has 0 bridgehead atoms. The van der Waals surface area contributed by atoms with E-state index < -0.39 is 110 Å². The summed E-state index contributed by atoms with van der Waals surface area (Å²) in [5, 5.41) is 11.7. The van der Waals surface area contributed by atoms with Crippen molar-refractivity contribution < 1.29 is 81.2 Å². The molecule has 0 aliphatic carbocycles. The van der Waals surface area contributed by atoms with Crippen molar-refractivity contribution in [3.8, 4) is 0 Å². The van der Waals surface area contributed by atoms with Gasteiger partial charge in [-0.1, -0.05) is 109 Å². The fourth-order valence-corrected chi connectivity index (χ4v) is 7.96. The maximum atomic E-state index is 14.1. The number of hydrogen-bond acceptors (Lipinski definition) is 17. The maximum absolute atomic E-state index is 14.1. The molecule has 6 aromatic carbocycles. The molecule has 6 aromatic rings. The Morgan fingerprint density at radius 3 is 1.04 bits per heavy atom. The van der Waals surface area contributed by atoms with Crippen molar-refractivity contribution in [2.75, 3.05) is 20.3 Å². The number of carbonyl (C=O) groups excluding carboxylic acids is 6. The summed E-state index contributed by atoms with van der Waals surface area (Å²) in [7, 11) is 1.25. The molecule has 72 heavy (non-hydrogen) atoms. The van der Waals surface area contributed by atoms with Crippen LogP contribution in [-0.4, -0.2) is 123 Å². The summed E-state index contributed by atoms with van der Waals surface area (Å²) in [6.45, 7) is -1.29. The van der Waals surface area contributed by atoms with E-state index in [1.165, 1.54) is 79.9 Å². The van der Waals surface area contributed by atoms with E-state index in [1.54, 1.807) is 109 Å². The lowest BCUT2D eigenvalue weighted by Gasteiger charge is -2.48. The van der Waals surface area contributed by atoms with Crippen LogP contribution in [0.4, 0.5) is 0 Å². The van der Waals surface area contributed by atoms with E-state index in [1.807, 2.05) is 0 Å². The summed E-state index contributed by atoms with van der Waals surface area (Å²) >= 11 is 0. The zero-order valence-electron chi connectivity index (χ0n) is 38.5. The first kappa shape index (κ1) is 50.3. The molecular formula is C55H48O17. The van der Waals surface area contributed by atoms with Crippen LogP contribution in [0.1, 0.15) is 62.1 Å². The quantitative estimate of drug-likeness (QED) is 0.0768. The van der Waals surface area contributed by atoms with E-state index in [0.717, 1.165) is 0 Å². The molecule has 2 saturated heterocycles. The lowest BCUT2D eigenvalue weighted by Crippen LogP contribution is -2.67. The molecule has 17 heteroatoms. The van der Waals surface area contributed by atoms with Crippen molar-refractivity contribution in [3.63, 3.8) is 0 Å². The largest absolute Gasteiger partial charge is 0.459 e. The molecule has 17 nitrogen and oxygen atoms in total. The minimum absolute atomic E-state index is 0.0452. The maximum Gasteiger partial charge on any atom is 0.338 e. The average molecular weight is 981 g/mol. The third-order valence-electron chi connectivity index (χ3n) is 11.6. The molecule has 2 fully saturated rings. The third kappa shape index (κ3) is 12.4. The number of methoxy groups -OCH3 is 1. The fourth-order valence-electron chi connectivity index (χ4n) is 7.96. The number of benzene rings is 6. The van der Waals surface area contributed by atoms with E-state index >= 15 is 0 Å². The van der Waals surface area contributed by atoms with Crippen LogP contribution in [0.25, 0.3) is 0 Å². The first-order valence-corrected chi connectivity index (χ1v) is 22.7. The highest BCUT2D eigenvalue weighted by Gasteiger charge is 2.57. The van der Waals surface area contributed by atoms with E-state index in [-0.39, 0.29) is 33.4 Å². The van der Waals surface area contributed by atoms with Gasteiger partial charge in [-0.25, -0.2) is 28.8 Å². The topological polar surface area (TPSA) is 215 Å². The number of ether oxygens (including phenoxy) is 10. The SMILES string of the molecule is CO[C@H]1[C@@H](OC(=O)c2ccccc2)[C@@H](COC(=O)c2ccccc2)O[C@H](O[C@@H]2[C@H](OC(=O)c3ccccc3)[C@@H](OC(=O)c3ccccc3)[C@H](O)O[C@@H]2COC(=O)c2ccccc2)[C@@H]1OC(=O)c1ccccc1. The van der Waals surface area contributed by atoms with Crippen molar-refractivity contribution >= 4 is 35.8 Å². The standard InChI is InChI=1S/C55H48O17/c1-63-44-42(68-50(58)36-24-12-4-13-25-36)41(33-65-49(57)35-22-10-3-11-23-35)67-55(47(44)71-53(61)39-30-18-7-19-31-39)72-43-40(32-64-48(56)34-20-8-2-9-21-34)66-54(62)46(70-52(60)38-28-16-6-17-29-38)45(43)69-51(59)37-26-14-5-15-27-37/h2-31,40-47,54-55,62H,32-33H2,1H3/t40-,41-,42+,43+,44+,45+,46-,47-,54-,55-/m1/s1. The highest BCUT2D eigenvalue weighted by atomic mass is 16.8. The number of esters is 6. The third-order valence-corrected chi connectivity index (χ3v) is 11.6. The second-order valence-corrected chi connectivity index (χ2v) is 16.3. The Kier molecular flexibility index (Phi) is 16.9. The molecule has 8 rings (SSSR count). The molecule has 0 amide bonds. The average Bonchev–Trinajstić information content (AvgIpc) is 3.43. The Hall–Kier alpha value is -8.06. The Labute approximate surface area is 413 Å². The summed E-state index contributed by atoms with van der Waals surface area (Å²) in [5.41, 5.74) is 0.660. The predicted octanol–water partition coefficient (Wildman–Crippen LogP) is 6.45. The van der Waals surface area contributed by atoms with Crippen molar-refractivity contribution in [2.24, 2.45) is 0 Å². The van der Waals surface area contributed by atoms with Crippen LogP contribution in [0.3, 0.4) is 0 Å². The van der Waals surface area contributed by atoms with E-state index in [4.69, 9.17) is 47.4 Å². The minimum Gasteiger partial charge on any atom is -0.459 e. The Balaban J connectivity index is 1.22. The molecule has 2 aliphatic heterocycles. The molecule has 0 spiro atoms. The van der Waals surface area contributed by atoms with Crippen LogP contribution in [0.2, 0.25) is 0 Å². The van der Waals surface area contributed by atoms with Crippen LogP contribution in [0.15, 0.2) is 182 Å². The van der Waals surface area contributed by atoms with Crippen LogP contribution in [0.5, 0.6) is 0 Å². The van der Waals surface area contributed by atoms with E-state index in [9.17, 15) is 33.9 Å². The van der Waals surface area contributed by atoms with E-state index in [0.29, 0.717) is 0 Å². The van der Waals surface area contributed by atoms with Gasteiger partial charge in [0.1, 0.15) is 37.6 Å². The summed E-state index contributed by atoms with van der Waals surface area (Å²) in [4.78, 5) is 82.8. The van der Waals surface area contributed by atoms with Gasteiger partial charge in [0, 0.05) is 7.11 Å². The molecule has 0 radical (unpaired) electrons. The van der Waals surface area contributed by atoms with Crippen LogP contribution < -0.4 is 0 Å². The van der Waals surface area contributed by atoms with Gasteiger partial charge in [-0.3, -0.25) is 0 Å². The second-order valence-electron chi connectivity index (χ2n) is 16.3. The van der Waals surface area contributed by atoms with Gasteiger partial charge >= 0.3 is 35.8 Å². The van der Waals surface area contributed by atoms with Gasteiger partial charge in [-0.05, 0) is 72.8 Å². The number of aliphatic hydroxyl groups excluding tert-OH is 1. The zero-order chi connectivity index (χ0) is 50.4. The van der Waals surface area contributed by atoms with Gasteiger partial charge < -0.3 is 52.5 Å². The van der Waals surface area contributed by atoms with Crippen molar-refractivity contribution in [2.45, 2.75) is 61.4 Å². The van der Waals surface area contributed by atoms with Gasteiger partial charge in [0.05, 0.1) is 33.4 Å². The zero-order valence-corrected chi connectivity index (χ0v) is 38.5. The van der Waals surface area contributed by atoms with Gasteiger partial charge in [0.2, 0.25) is 0 Å². The van der Waals surface area contributed by atoms with Crippen molar-refractivity contribution in [1.82, 2.24) is 0 Å². The molecule has 2 heterocycles. The summed E-state index contributed by atoms with van der Waals surface area (Å²) in [6, 6.07) is 47.4. The molecule has 1 N–H and O–H groups in total. The molecule has 0 aromatic heterocycles. The summed E-state index contributed by atoms with van der Waals surface area (Å²) in [5.74, 6) is -5.26. The Morgan fingerprint density at radius 1 is 0.375 bits per heavy atom. The first-order valence-electron chi connectivity index (χ1n) is 22.7. The van der Waals surface area contributed by atoms with Crippen molar-refractivity contribution in [1.29, 1.82) is 0 Å². The smallest absolute Gasteiger partial charge is 0.338 e. The lowest BCUT2D eigenvalue weighted by molar-refractivity contribution is -0.353. The molecule has 370 valence electrons. The minimum atomic E-state index is -2.05. The Morgan fingerprint density at radius 2 is 0.681 bits per heavy atom. The highest BCUT2D eigenvalue weighted by Crippen LogP contribution is 2.36. The molecule has 10 atom stereocenters. The number of rotatable bonds is 17. The van der Waals surface area contributed by atoms with Gasteiger partial charge in [-0.15, -0.1) is 0 Å². The first-order chi connectivity index (χ1) is 35.1. The van der Waals surface area contributed by atoms with Crippen LogP contribution in [-0.2, 0) is 47.4 Å². The van der Waals surface area contributed by atoms with Crippen molar-refractivity contribution in [3.05, 3.63) is 215 Å². The normalized spacial score (nSPS) is 23.6. The summed E-state index contributed by atoms with van der Waals surface area (Å²) < 4.78 is 61.2. The molecule has 0 saturated carbocycles. The Bertz CT molecular complexity index is 2750. The van der Waals surface area contributed by atoms with Crippen LogP contribution in [0, 0.1) is 0 Å². The highest BCUT2D eigenvalue weighted by molar-refractivity contribution is 5.92. The van der Waals surface area contributed by atoms with Gasteiger partial charge in [0.25, 0.3) is 0 Å². The monoisotopic (exact) mass is 980 g/mol. The van der Waals surface area contributed by atoms with Gasteiger partial charge in [0.15, 0.2) is 37.0 Å². The molecule has 0 unspecified atom stereocenters. The van der Waals surface area contributed by atoms with Crippen LogP contribution >= 0.6 is 0 Å². The second kappa shape index (κ2) is 24.2. The summed E-state index contributed by atoms with van der Waals surface area (Å²) in [6.07, 6.45) is -17.1. The number of hydrogen-bond donors (Lipinski definition) is 1. The number of aliphatic hydroxyl groups is 1. The predicted molar refractivity (Wildman–Crippen MR) is 251 cm³/mol. The fraction of sp³-hybridized carbons (Fsp3) is 0.236. The van der Waals surface area contributed by atoms with E-state index in [2.05, 4.69) is 0 Å². The molecular weight excluding hydrogens is 933 g/mol. The molecule has 2 aliphatic rings. The lowest BCUT2D eigenvalue weighted by atomic mass is 9.95. The van der Waals surface area contributed by atoms with Gasteiger partial charge in [-0.2, -0.15) is 0 Å². The number of carbonyl (C=O) groups is 6.